The Balaban J connectivity index is 1.87. The number of hydrogen-bond donors (Lipinski definition) is 0. The predicted octanol–water partition coefficient (Wildman–Crippen LogP) is 2.55. The second-order valence-electron chi connectivity index (χ2n) is 5.06. The minimum atomic E-state index is -0.00243. The number of nitrogens with zero attached hydrogens (tertiary/aromatic N) is 3. The first-order valence-electron chi connectivity index (χ1n) is 6.45. The maximum atomic E-state index is 12.5. The first kappa shape index (κ1) is 13.1. The standard InChI is InChI=1S/C14H14ClN3O2/c1-8-5-10-6-11(15)3-4-13(10)18(8)14(19)7-12-9(2)16-20-17-12/h3-4,6,8H,5,7H2,1-2H3. The van der Waals surface area contributed by atoms with Crippen molar-refractivity contribution in [3.8, 4) is 0 Å². The molecule has 104 valence electrons. The van der Waals surface area contributed by atoms with Crippen LogP contribution in [-0.2, 0) is 17.6 Å². The summed E-state index contributed by atoms with van der Waals surface area (Å²) in [6.45, 7) is 3.81. The molecule has 2 aromatic rings. The van der Waals surface area contributed by atoms with E-state index in [2.05, 4.69) is 14.9 Å². The number of amides is 1. The van der Waals surface area contributed by atoms with E-state index in [0.717, 1.165) is 17.7 Å². The number of benzene rings is 1. The van der Waals surface area contributed by atoms with Gasteiger partial charge < -0.3 is 4.90 Å². The molecule has 1 aliphatic rings. The molecule has 5 nitrogen and oxygen atoms in total. The van der Waals surface area contributed by atoms with Crippen molar-refractivity contribution < 1.29 is 9.42 Å². The monoisotopic (exact) mass is 291 g/mol. The molecule has 0 fully saturated rings. The summed E-state index contributed by atoms with van der Waals surface area (Å²) in [7, 11) is 0. The van der Waals surface area contributed by atoms with Crippen molar-refractivity contribution in [2.45, 2.75) is 32.7 Å². The summed E-state index contributed by atoms with van der Waals surface area (Å²) >= 11 is 6.00. The number of carbonyl (C=O) groups excluding carboxylic acids is 1. The quantitative estimate of drug-likeness (QED) is 0.853. The fourth-order valence-electron chi connectivity index (χ4n) is 2.62. The van der Waals surface area contributed by atoms with Gasteiger partial charge in [0, 0.05) is 16.8 Å². The van der Waals surface area contributed by atoms with Crippen LogP contribution in [0.3, 0.4) is 0 Å². The highest BCUT2D eigenvalue weighted by molar-refractivity contribution is 6.30. The molecule has 0 N–H and O–H groups in total. The van der Waals surface area contributed by atoms with E-state index in [1.165, 1.54) is 0 Å². The Kier molecular flexibility index (Phi) is 3.22. The molecule has 6 heteroatoms. The van der Waals surface area contributed by atoms with Crippen LogP contribution >= 0.6 is 11.6 Å². The van der Waals surface area contributed by atoms with Gasteiger partial charge in [-0.3, -0.25) is 4.79 Å². The van der Waals surface area contributed by atoms with Crippen molar-refractivity contribution in [2.24, 2.45) is 0 Å². The molecule has 2 heterocycles. The molecule has 0 bridgehead atoms. The van der Waals surface area contributed by atoms with Crippen molar-refractivity contribution in [3.63, 3.8) is 0 Å². The highest BCUT2D eigenvalue weighted by Crippen LogP contribution is 2.34. The lowest BCUT2D eigenvalue weighted by atomic mass is 10.1. The molecule has 1 amide bonds. The first-order valence-corrected chi connectivity index (χ1v) is 6.82. The molecule has 0 spiro atoms. The van der Waals surface area contributed by atoms with Gasteiger partial charge in [0.1, 0.15) is 11.4 Å². The van der Waals surface area contributed by atoms with Crippen LogP contribution in [-0.4, -0.2) is 22.3 Å². The number of fused-ring (bicyclic) bond motifs is 1. The minimum Gasteiger partial charge on any atom is -0.309 e. The van der Waals surface area contributed by atoms with E-state index in [1.807, 2.05) is 25.1 Å². The van der Waals surface area contributed by atoms with Crippen molar-refractivity contribution in [1.29, 1.82) is 0 Å². The van der Waals surface area contributed by atoms with Gasteiger partial charge in [-0.05, 0) is 44.0 Å². The smallest absolute Gasteiger partial charge is 0.233 e. The van der Waals surface area contributed by atoms with Crippen LogP contribution in [0.1, 0.15) is 23.9 Å². The lowest BCUT2D eigenvalue weighted by Crippen LogP contribution is -2.37. The van der Waals surface area contributed by atoms with Crippen LogP contribution in [0.15, 0.2) is 22.8 Å². The molecule has 1 atom stereocenters. The highest BCUT2D eigenvalue weighted by Gasteiger charge is 2.31. The zero-order chi connectivity index (χ0) is 14.3. The zero-order valence-electron chi connectivity index (χ0n) is 11.3. The molecule has 1 aromatic carbocycles. The Hall–Kier alpha value is -1.88. The number of aryl methyl sites for hydroxylation is 1. The summed E-state index contributed by atoms with van der Waals surface area (Å²) < 4.78 is 4.63. The average Bonchev–Trinajstić information content (AvgIpc) is 2.92. The van der Waals surface area contributed by atoms with Gasteiger partial charge in [-0.25, -0.2) is 4.63 Å². The van der Waals surface area contributed by atoms with Crippen molar-refractivity contribution >= 4 is 23.2 Å². The van der Waals surface area contributed by atoms with Gasteiger partial charge >= 0.3 is 0 Å². The number of halogens is 1. The van der Waals surface area contributed by atoms with Gasteiger partial charge in [-0.1, -0.05) is 21.9 Å². The molecular weight excluding hydrogens is 278 g/mol. The Labute approximate surface area is 121 Å². The lowest BCUT2D eigenvalue weighted by molar-refractivity contribution is -0.118. The van der Waals surface area contributed by atoms with Gasteiger partial charge in [-0.2, -0.15) is 0 Å². The fraction of sp³-hybridized carbons (Fsp3) is 0.357. The third-order valence-corrected chi connectivity index (χ3v) is 3.83. The number of rotatable bonds is 2. The summed E-state index contributed by atoms with van der Waals surface area (Å²) in [5, 5.41) is 8.16. The zero-order valence-corrected chi connectivity index (χ0v) is 12.0. The fourth-order valence-corrected chi connectivity index (χ4v) is 2.81. The molecule has 20 heavy (non-hydrogen) atoms. The van der Waals surface area contributed by atoms with Crippen LogP contribution < -0.4 is 4.90 Å². The van der Waals surface area contributed by atoms with Crippen LogP contribution in [0.5, 0.6) is 0 Å². The molecular formula is C14H14ClN3O2. The van der Waals surface area contributed by atoms with Crippen molar-refractivity contribution in [3.05, 3.63) is 40.2 Å². The first-order chi connectivity index (χ1) is 9.56. The predicted molar refractivity (Wildman–Crippen MR) is 74.8 cm³/mol. The summed E-state index contributed by atoms with van der Waals surface area (Å²) in [5.41, 5.74) is 3.28. The number of carbonyl (C=O) groups is 1. The van der Waals surface area contributed by atoms with Crippen LogP contribution in [0, 0.1) is 6.92 Å². The van der Waals surface area contributed by atoms with Gasteiger partial charge in [0.15, 0.2) is 0 Å². The molecule has 1 aromatic heterocycles. The van der Waals surface area contributed by atoms with Gasteiger partial charge in [0.25, 0.3) is 0 Å². The van der Waals surface area contributed by atoms with E-state index < -0.39 is 0 Å². The topological polar surface area (TPSA) is 59.2 Å². The Morgan fingerprint density at radius 3 is 3.00 bits per heavy atom. The third kappa shape index (κ3) is 2.18. The maximum Gasteiger partial charge on any atom is 0.233 e. The molecule has 1 unspecified atom stereocenters. The van der Waals surface area contributed by atoms with E-state index in [4.69, 9.17) is 11.6 Å². The molecule has 0 radical (unpaired) electrons. The maximum absolute atomic E-state index is 12.5. The van der Waals surface area contributed by atoms with E-state index >= 15 is 0 Å². The summed E-state index contributed by atoms with van der Waals surface area (Å²) in [6, 6.07) is 5.74. The van der Waals surface area contributed by atoms with Crippen molar-refractivity contribution in [1.82, 2.24) is 10.3 Å². The molecule has 0 aliphatic carbocycles. The Morgan fingerprint density at radius 1 is 1.50 bits per heavy atom. The van der Waals surface area contributed by atoms with Crippen LogP contribution in [0.2, 0.25) is 5.02 Å². The second-order valence-corrected chi connectivity index (χ2v) is 5.50. The molecule has 0 saturated heterocycles. The second kappa shape index (κ2) is 4.90. The third-order valence-electron chi connectivity index (χ3n) is 3.59. The van der Waals surface area contributed by atoms with Gasteiger partial charge in [0.2, 0.25) is 5.91 Å². The Bertz CT molecular complexity index is 668. The van der Waals surface area contributed by atoms with Gasteiger partial charge in [0.05, 0.1) is 6.42 Å². The summed E-state index contributed by atoms with van der Waals surface area (Å²) in [5.74, 6) is -0.00243. The van der Waals surface area contributed by atoms with E-state index in [-0.39, 0.29) is 18.4 Å². The normalized spacial score (nSPS) is 17.4. The Morgan fingerprint density at radius 2 is 2.30 bits per heavy atom. The van der Waals surface area contributed by atoms with E-state index in [0.29, 0.717) is 16.4 Å². The largest absolute Gasteiger partial charge is 0.309 e. The number of anilines is 1. The number of aromatic nitrogens is 2. The van der Waals surface area contributed by atoms with Crippen molar-refractivity contribution in [2.75, 3.05) is 4.90 Å². The van der Waals surface area contributed by atoms with Gasteiger partial charge in [-0.15, -0.1) is 0 Å². The molecule has 0 saturated carbocycles. The molecule has 3 rings (SSSR count). The number of hydrogen-bond acceptors (Lipinski definition) is 4. The molecule has 1 aliphatic heterocycles. The highest BCUT2D eigenvalue weighted by atomic mass is 35.5. The summed E-state index contributed by atoms with van der Waals surface area (Å²) in [6.07, 6.45) is 1.01. The van der Waals surface area contributed by atoms with E-state index in [9.17, 15) is 4.79 Å². The van der Waals surface area contributed by atoms with Crippen LogP contribution in [0.4, 0.5) is 5.69 Å². The van der Waals surface area contributed by atoms with Crippen LogP contribution in [0.25, 0.3) is 0 Å². The SMILES string of the molecule is Cc1nonc1CC(=O)N1c2ccc(Cl)cc2CC1C. The summed E-state index contributed by atoms with van der Waals surface area (Å²) in [4.78, 5) is 14.3. The lowest BCUT2D eigenvalue weighted by Gasteiger charge is -2.22. The van der Waals surface area contributed by atoms with E-state index in [1.54, 1.807) is 11.8 Å². The average molecular weight is 292 g/mol. The minimum absolute atomic E-state index is 0.00243.